The van der Waals surface area contributed by atoms with Crippen LogP contribution in [-0.2, 0) is 16.6 Å². The second kappa shape index (κ2) is 5.88. The normalized spacial score (nSPS) is 13.3. The van der Waals surface area contributed by atoms with Crippen LogP contribution < -0.4 is 10.5 Å². The van der Waals surface area contributed by atoms with Crippen molar-refractivity contribution in [1.29, 1.82) is 0 Å². The molecule has 0 amide bonds. The van der Waals surface area contributed by atoms with E-state index < -0.39 is 44.7 Å². The lowest BCUT2D eigenvalue weighted by atomic mass is 10.2. The van der Waals surface area contributed by atoms with Crippen LogP contribution in [0.3, 0.4) is 0 Å². The van der Waals surface area contributed by atoms with Crippen molar-refractivity contribution in [1.82, 2.24) is 14.7 Å². The minimum Gasteiger partial charge on any atom is -0.347 e. The van der Waals surface area contributed by atoms with Crippen LogP contribution in [0.2, 0.25) is 0 Å². The molecule has 0 radical (unpaired) electrons. The molecule has 0 saturated carbocycles. The van der Waals surface area contributed by atoms with Crippen LogP contribution in [0.25, 0.3) is 0 Å². The number of benzene rings is 1. The Balaban J connectivity index is 2.36. The number of hydrogen-bond donors (Lipinski definition) is 3. The van der Waals surface area contributed by atoms with Crippen LogP contribution >= 0.6 is 0 Å². The number of hydrogen-bond acceptors (Lipinski definition) is 4. The van der Waals surface area contributed by atoms with Crippen molar-refractivity contribution in [2.24, 2.45) is 5.73 Å². The Hall–Kier alpha value is -1.84. The van der Waals surface area contributed by atoms with Gasteiger partial charge in [0.25, 0.3) is 0 Å². The maximum Gasteiger partial charge on any atom is 0.244 e. The molecule has 0 aliphatic rings. The maximum atomic E-state index is 14.1. The summed E-state index contributed by atoms with van der Waals surface area (Å²) in [5.74, 6) is -1.69. The van der Waals surface area contributed by atoms with E-state index in [1.807, 2.05) is 0 Å². The molecule has 2 aromatic rings. The SMILES string of the molecule is CC(NS(=O)(=O)c1ccc(F)c(CN)c1F)c1ncc[nH]1. The number of sulfonamides is 1. The van der Waals surface area contributed by atoms with Gasteiger partial charge in [-0.1, -0.05) is 0 Å². The number of aromatic amines is 1. The standard InChI is InChI=1S/C12H14F2N4O2S/c1-7(12-16-4-5-17-12)18-21(19,20)10-3-2-9(13)8(6-15)11(10)14/h2-5,7,18H,6,15H2,1H3,(H,16,17). The number of halogens is 2. The smallest absolute Gasteiger partial charge is 0.244 e. The van der Waals surface area contributed by atoms with Gasteiger partial charge in [-0.2, -0.15) is 0 Å². The number of nitrogens with zero attached hydrogens (tertiary/aromatic N) is 1. The summed E-state index contributed by atoms with van der Waals surface area (Å²) in [6.45, 7) is 1.11. The predicted molar refractivity (Wildman–Crippen MR) is 71.6 cm³/mol. The molecule has 1 aromatic carbocycles. The van der Waals surface area contributed by atoms with Crippen molar-refractivity contribution in [3.63, 3.8) is 0 Å². The summed E-state index contributed by atoms with van der Waals surface area (Å²) in [6.07, 6.45) is 3.00. The highest BCUT2D eigenvalue weighted by Gasteiger charge is 2.25. The zero-order chi connectivity index (χ0) is 15.6. The van der Waals surface area contributed by atoms with Gasteiger partial charge in [0, 0.05) is 24.5 Å². The maximum absolute atomic E-state index is 14.1. The Bertz CT molecular complexity index is 732. The van der Waals surface area contributed by atoms with Crippen LogP contribution in [0.15, 0.2) is 29.4 Å². The highest BCUT2D eigenvalue weighted by Crippen LogP contribution is 2.22. The van der Waals surface area contributed by atoms with E-state index in [9.17, 15) is 17.2 Å². The van der Waals surface area contributed by atoms with E-state index >= 15 is 0 Å². The number of aromatic nitrogens is 2. The van der Waals surface area contributed by atoms with E-state index in [4.69, 9.17) is 5.73 Å². The summed E-state index contributed by atoms with van der Waals surface area (Å²) in [5, 5.41) is 0. The summed E-state index contributed by atoms with van der Waals surface area (Å²) < 4.78 is 54.0. The lowest BCUT2D eigenvalue weighted by Crippen LogP contribution is -2.28. The Morgan fingerprint density at radius 3 is 2.71 bits per heavy atom. The molecule has 1 unspecified atom stereocenters. The summed E-state index contributed by atoms with van der Waals surface area (Å²) in [5.41, 5.74) is 4.76. The van der Waals surface area contributed by atoms with Gasteiger partial charge in [-0.25, -0.2) is 26.9 Å². The van der Waals surface area contributed by atoms with Crippen molar-refractivity contribution < 1.29 is 17.2 Å². The summed E-state index contributed by atoms with van der Waals surface area (Å²) in [4.78, 5) is 6.00. The molecule has 2 rings (SSSR count). The topological polar surface area (TPSA) is 101 Å². The third-order valence-corrected chi connectivity index (χ3v) is 4.46. The van der Waals surface area contributed by atoms with Gasteiger partial charge in [-0.3, -0.25) is 0 Å². The molecule has 114 valence electrons. The molecule has 1 atom stereocenters. The van der Waals surface area contributed by atoms with Gasteiger partial charge in [0.15, 0.2) is 5.82 Å². The number of rotatable bonds is 5. The first-order valence-electron chi connectivity index (χ1n) is 6.05. The van der Waals surface area contributed by atoms with Crippen LogP contribution in [0.1, 0.15) is 24.4 Å². The van der Waals surface area contributed by atoms with Gasteiger partial charge in [0.05, 0.1) is 6.04 Å². The molecule has 6 nitrogen and oxygen atoms in total. The largest absolute Gasteiger partial charge is 0.347 e. The number of imidazole rings is 1. The fourth-order valence-corrected chi connectivity index (χ4v) is 3.15. The van der Waals surface area contributed by atoms with Crippen molar-refractivity contribution in [2.75, 3.05) is 0 Å². The van der Waals surface area contributed by atoms with Crippen LogP contribution in [0, 0.1) is 11.6 Å². The Labute approximate surface area is 120 Å². The van der Waals surface area contributed by atoms with Gasteiger partial charge in [0.2, 0.25) is 10.0 Å². The number of nitrogens with two attached hydrogens (primary N) is 1. The Morgan fingerprint density at radius 2 is 2.14 bits per heavy atom. The highest BCUT2D eigenvalue weighted by molar-refractivity contribution is 7.89. The molecule has 9 heteroatoms. The zero-order valence-electron chi connectivity index (χ0n) is 11.1. The molecule has 0 saturated heterocycles. The predicted octanol–water partition coefficient (Wildman–Crippen LogP) is 1.19. The lowest BCUT2D eigenvalue weighted by Gasteiger charge is -2.14. The molecular formula is C12H14F2N4O2S. The average Bonchev–Trinajstić information content (AvgIpc) is 2.92. The lowest BCUT2D eigenvalue weighted by molar-refractivity contribution is 0.520. The van der Waals surface area contributed by atoms with Gasteiger partial charge in [0.1, 0.15) is 16.5 Å². The first kappa shape index (κ1) is 15.5. The summed E-state index contributed by atoms with van der Waals surface area (Å²) in [7, 11) is -4.17. The fourth-order valence-electron chi connectivity index (χ4n) is 1.84. The van der Waals surface area contributed by atoms with E-state index in [2.05, 4.69) is 14.7 Å². The Morgan fingerprint density at radius 1 is 1.43 bits per heavy atom. The van der Waals surface area contributed by atoms with Crippen molar-refractivity contribution in [3.05, 3.63) is 47.5 Å². The van der Waals surface area contributed by atoms with Crippen LogP contribution in [0.4, 0.5) is 8.78 Å². The highest BCUT2D eigenvalue weighted by atomic mass is 32.2. The molecule has 0 spiro atoms. The van der Waals surface area contributed by atoms with E-state index in [1.54, 1.807) is 6.92 Å². The number of nitrogens with one attached hydrogen (secondary N) is 2. The molecule has 0 fully saturated rings. The van der Waals surface area contributed by atoms with Crippen molar-refractivity contribution >= 4 is 10.0 Å². The number of H-pyrrole nitrogens is 1. The molecule has 1 aromatic heterocycles. The van der Waals surface area contributed by atoms with Gasteiger partial charge >= 0.3 is 0 Å². The van der Waals surface area contributed by atoms with Crippen LogP contribution in [-0.4, -0.2) is 18.4 Å². The third kappa shape index (κ3) is 3.09. The fraction of sp³-hybridized carbons (Fsp3) is 0.250. The second-order valence-electron chi connectivity index (χ2n) is 4.36. The molecule has 1 heterocycles. The van der Waals surface area contributed by atoms with Crippen LogP contribution in [0.5, 0.6) is 0 Å². The van der Waals surface area contributed by atoms with Crippen molar-refractivity contribution in [3.8, 4) is 0 Å². The van der Waals surface area contributed by atoms with Gasteiger partial charge in [-0.05, 0) is 19.1 Å². The van der Waals surface area contributed by atoms with E-state index in [-0.39, 0.29) is 0 Å². The zero-order valence-corrected chi connectivity index (χ0v) is 11.9. The molecule has 21 heavy (non-hydrogen) atoms. The average molecular weight is 316 g/mol. The first-order chi connectivity index (χ1) is 9.86. The molecule has 4 N–H and O–H groups in total. The van der Waals surface area contributed by atoms with Crippen molar-refractivity contribution in [2.45, 2.75) is 24.4 Å². The summed E-state index contributed by atoms with van der Waals surface area (Å²) >= 11 is 0. The minimum absolute atomic E-state index is 0.375. The van der Waals surface area contributed by atoms with Gasteiger partial charge < -0.3 is 10.7 Å². The molecular weight excluding hydrogens is 302 g/mol. The quantitative estimate of drug-likeness (QED) is 0.771. The van der Waals surface area contributed by atoms with E-state index in [1.165, 1.54) is 12.4 Å². The monoisotopic (exact) mass is 316 g/mol. The van der Waals surface area contributed by atoms with E-state index in [0.29, 0.717) is 5.82 Å². The second-order valence-corrected chi connectivity index (χ2v) is 6.04. The van der Waals surface area contributed by atoms with Gasteiger partial charge in [-0.15, -0.1) is 0 Å². The third-order valence-electron chi connectivity index (χ3n) is 2.91. The molecule has 0 aliphatic carbocycles. The summed E-state index contributed by atoms with van der Waals surface area (Å²) in [6, 6.07) is 1.04. The van der Waals surface area contributed by atoms with E-state index in [0.717, 1.165) is 12.1 Å². The molecule has 0 bridgehead atoms. The Kier molecular flexibility index (Phi) is 4.35. The molecule has 0 aliphatic heterocycles. The first-order valence-corrected chi connectivity index (χ1v) is 7.53. The minimum atomic E-state index is -4.17.